The zero-order valence-corrected chi connectivity index (χ0v) is 5.79. The highest BCUT2D eigenvalue weighted by Gasteiger charge is 2.08. The van der Waals surface area contributed by atoms with Crippen LogP contribution in [0.5, 0.6) is 0 Å². The van der Waals surface area contributed by atoms with Gasteiger partial charge < -0.3 is 0 Å². The van der Waals surface area contributed by atoms with E-state index in [1.807, 2.05) is 0 Å². The Hall–Kier alpha value is -0.190. The van der Waals surface area contributed by atoms with Crippen LogP contribution in [-0.4, -0.2) is 20.3 Å². The third-order valence-corrected chi connectivity index (χ3v) is 1.48. The molecule has 56 valence electrons. The summed E-state index contributed by atoms with van der Waals surface area (Å²) in [7, 11) is -4.46. The molecule has 0 heterocycles. The molecule has 0 bridgehead atoms. The predicted octanol–water partition coefficient (Wildman–Crippen LogP) is 1.03. The molecule has 1 atom stereocenters. The van der Waals surface area contributed by atoms with Crippen LogP contribution in [0.25, 0.3) is 0 Å². The van der Waals surface area contributed by atoms with Crippen molar-refractivity contribution in [2.24, 2.45) is 0 Å². The molecule has 0 N–H and O–H groups in total. The molecule has 5 heteroatoms. The van der Waals surface area contributed by atoms with Crippen LogP contribution < -0.4 is 0 Å². The molecule has 1 unspecified atom stereocenters. The molecule has 0 aliphatic carbocycles. The van der Waals surface area contributed by atoms with Crippen LogP contribution in [0.3, 0.4) is 0 Å². The van der Waals surface area contributed by atoms with E-state index in [1.54, 1.807) is 0 Å². The van der Waals surface area contributed by atoms with E-state index in [4.69, 9.17) is 0 Å². The summed E-state index contributed by atoms with van der Waals surface area (Å²) in [4.78, 5) is 0. The molecule has 0 saturated heterocycles. The zero-order chi connectivity index (χ0) is 7.49. The van der Waals surface area contributed by atoms with Crippen LogP contribution in [0.15, 0.2) is 0 Å². The highest BCUT2D eigenvalue weighted by Crippen LogP contribution is 2.00. The van der Waals surface area contributed by atoms with Gasteiger partial charge in [0.1, 0.15) is 0 Å². The minimum absolute atomic E-state index is 0.265. The van der Waals surface area contributed by atoms with Gasteiger partial charge >= 0.3 is 10.2 Å². The summed E-state index contributed by atoms with van der Waals surface area (Å²) in [6.45, 7) is 1.19. The second kappa shape index (κ2) is 3.10. The van der Waals surface area contributed by atoms with Crippen molar-refractivity contribution >= 4 is 10.2 Å². The van der Waals surface area contributed by atoms with Gasteiger partial charge in [0.2, 0.25) is 0 Å². The lowest BCUT2D eigenvalue weighted by Gasteiger charge is -1.95. The predicted molar refractivity (Wildman–Crippen MR) is 30.1 cm³/mol. The number of halogens is 2. The van der Waals surface area contributed by atoms with Crippen LogP contribution in [0.4, 0.5) is 8.28 Å². The molecule has 0 aliphatic rings. The first kappa shape index (κ1) is 8.81. The fourth-order valence-electron chi connectivity index (χ4n) is 0.303. The normalized spacial score (nSPS) is 15.4. The number of alkyl halides is 1. The van der Waals surface area contributed by atoms with Crippen molar-refractivity contribution in [3.63, 3.8) is 0 Å². The first-order chi connectivity index (χ1) is 3.92. The van der Waals surface area contributed by atoms with E-state index in [1.165, 1.54) is 6.92 Å². The molecule has 0 spiro atoms. The lowest BCUT2D eigenvalue weighted by molar-refractivity contribution is 0.351. The molecule has 0 rings (SSSR count). The summed E-state index contributed by atoms with van der Waals surface area (Å²) in [5, 5.41) is 0. The smallest absolute Gasteiger partial charge is 0.248 e. The monoisotopic (exact) mass is 158 g/mol. The van der Waals surface area contributed by atoms with E-state index >= 15 is 0 Å². The molecule has 0 aromatic carbocycles. The van der Waals surface area contributed by atoms with Gasteiger partial charge in [-0.1, -0.05) is 0 Å². The Morgan fingerprint density at radius 1 is 1.56 bits per heavy atom. The van der Waals surface area contributed by atoms with Crippen molar-refractivity contribution in [2.45, 2.75) is 19.5 Å². The van der Waals surface area contributed by atoms with Crippen LogP contribution in [0.2, 0.25) is 0 Å². The summed E-state index contributed by atoms with van der Waals surface area (Å²) in [6, 6.07) is 0. The Bertz CT molecular complexity index is 161. The van der Waals surface area contributed by atoms with Crippen molar-refractivity contribution < 1.29 is 16.7 Å². The molecule has 0 aromatic heterocycles. The molecule has 0 fully saturated rings. The highest BCUT2D eigenvalue weighted by atomic mass is 32.3. The largest absolute Gasteiger partial charge is 0.302 e. The third kappa shape index (κ3) is 7.81. The average Bonchev–Trinajstić information content (AvgIpc) is 1.59. The maximum Gasteiger partial charge on any atom is 0.302 e. The topological polar surface area (TPSA) is 34.1 Å². The fraction of sp³-hybridized carbons (Fsp3) is 1.00. The van der Waals surface area contributed by atoms with Crippen LogP contribution in [0.1, 0.15) is 13.3 Å². The Morgan fingerprint density at radius 3 is 2.11 bits per heavy atom. The third-order valence-electron chi connectivity index (χ3n) is 0.759. The lowest BCUT2D eigenvalue weighted by Crippen LogP contribution is -2.04. The van der Waals surface area contributed by atoms with Crippen LogP contribution >= 0.6 is 0 Å². The standard InChI is InChI=1S/C4H8F2O2S/c1-4(5)2-3-9(6,7)8/h4H,2-3H2,1H3. The Morgan fingerprint density at radius 2 is 2.00 bits per heavy atom. The van der Waals surface area contributed by atoms with Crippen molar-refractivity contribution in [3.05, 3.63) is 0 Å². The number of hydrogen-bond donors (Lipinski definition) is 0. The minimum Gasteiger partial charge on any atom is -0.248 e. The molecular weight excluding hydrogens is 150 g/mol. The number of hydrogen-bond acceptors (Lipinski definition) is 2. The van der Waals surface area contributed by atoms with Gasteiger partial charge in [-0.25, -0.2) is 4.39 Å². The molecule has 2 nitrogen and oxygen atoms in total. The van der Waals surface area contributed by atoms with Crippen LogP contribution in [0, 0.1) is 0 Å². The Kier molecular flexibility index (Phi) is 3.03. The summed E-state index contributed by atoms with van der Waals surface area (Å²) in [6.07, 6.45) is -1.52. The summed E-state index contributed by atoms with van der Waals surface area (Å²) in [5.74, 6) is -0.718. The van der Waals surface area contributed by atoms with Gasteiger partial charge in [-0.3, -0.25) is 0 Å². The summed E-state index contributed by atoms with van der Waals surface area (Å²) in [5.41, 5.74) is 0. The van der Waals surface area contributed by atoms with Gasteiger partial charge in [0.05, 0.1) is 11.9 Å². The Balaban J connectivity index is 3.53. The van der Waals surface area contributed by atoms with E-state index in [0.717, 1.165) is 0 Å². The van der Waals surface area contributed by atoms with Crippen molar-refractivity contribution in [3.8, 4) is 0 Å². The fourth-order valence-corrected chi connectivity index (χ4v) is 0.909. The van der Waals surface area contributed by atoms with Crippen molar-refractivity contribution in [1.82, 2.24) is 0 Å². The summed E-state index contributed by atoms with van der Waals surface area (Å²) >= 11 is 0. The SMILES string of the molecule is CC(F)CCS(=O)(=O)F. The van der Waals surface area contributed by atoms with Crippen molar-refractivity contribution in [1.29, 1.82) is 0 Å². The van der Waals surface area contributed by atoms with Crippen molar-refractivity contribution in [2.75, 3.05) is 5.75 Å². The van der Waals surface area contributed by atoms with E-state index in [0.29, 0.717) is 0 Å². The van der Waals surface area contributed by atoms with Crippen LogP contribution in [-0.2, 0) is 10.2 Å². The molecule has 9 heavy (non-hydrogen) atoms. The van der Waals surface area contributed by atoms with E-state index in [9.17, 15) is 16.7 Å². The van der Waals surface area contributed by atoms with Gasteiger partial charge in [-0.15, -0.1) is 3.89 Å². The highest BCUT2D eigenvalue weighted by molar-refractivity contribution is 7.86. The second-order valence-electron chi connectivity index (χ2n) is 1.81. The first-order valence-corrected chi connectivity index (χ1v) is 4.03. The first-order valence-electron chi connectivity index (χ1n) is 2.48. The minimum atomic E-state index is -4.46. The molecular formula is C4H8F2O2S. The van der Waals surface area contributed by atoms with Gasteiger partial charge in [0, 0.05) is 0 Å². The maximum absolute atomic E-state index is 11.8. The molecule has 0 saturated carbocycles. The van der Waals surface area contributed by atoms with Gasteiger partial charge in [-0.05, 0) is 13.3 Å². The Labute approximate surface area is 53.1 Å². The average molecular weight is 158 g/mol. The lowest BCUT2D eigenvalue weighted by atomic mass is 10.3. The molecule has 0 amide bonds. The van der Waals surface area contributed by atoms with E-state index < -0.39 is 22.1 Å². The quantitative estimate of drug-likeness (QED) is 0.575. The zero-order valence-electron chi connectivity index (χ0n) is 4.97. The summed E-state index contributed by atoms with van der Waals surface area (Å²) < 4.78 is 42.8. The van der Waals surface area contributed by atoms with Gasteiger partial charge in [0.25, 0.3) is 0 Å². The maximum atomic E-state index is 11.8. The van der Waals surface area contributed by atoms with E-state index in [2.05, 4.69) is 0 Å². The van der Waals surface area contributed by atoms with E-state index in [-0.39, 0.29) is 6.42 Å². The molecule has 0 aromatic rings. The number of rotatable bonds is 3. The molecule has 0 aliphatic heterocycles. The van der Waals surface area contributed by atoms with Gasteiger partial charge in [-0.2, -0.15) is 8.42 Å². The second-order valence-corrected chi connectivity index (χ2v) is 3.30. The van der Waals surface area contributed by atoms with Gasteiger partial charge in [0.15, 0.2) is 0 Å². The molecule has 0 radical (unpaired) electrons.